The van der Waals surface area contributed by atoms with Gasteiger partial charge in [0.1, 0.15) is 11.4 Å². The number of para-hydroxylation sites is 1. The molecule has 1 heterocycles. The predicted octanol–water partition coefficient (Wildman–Crippen LogP) is 5.11. The number of nitrogens with zero attached hydrogens (tertiary/aromatic N) is 1. The first-order valence-electron chi connectivity index (χ1n) is 7.50. The number of halogens is 1. The molecule has 1 aromatic heterocycles. The highest BCUT2D eigenvalue weighted by molar-refractivity contribution is 7.14. The van der Waals surface area contributed by atoms with Crippen LogP contribution in [0.15, 0.2) is 47.8 Å². The number of carbonyl (C=O) groups excluding carboxylic acids is 1. The molecule has 3 rings (SSSR count). The Morgan fingerprint density at radius 2 is 2.04 bits per heavy atom. The highest BCUT2D eigenvalue weighted by atomic mass is 35.5. The number of rotatable bonds is 5. The number of aryl methyl sites for hydroxylation is 1. The van der Waals surface area contributed by atoms with E-state index in [4.69, 9.17) is 16.3 Å². The number of aromatic nitrogens is 1. The highest BCUT2D eigenvalue weighted by Crippen LogP contribution is 2.27. The van der Waals surface area contributed by atoms with Crippen LogP contribution in [0, 0.1) is 6.92 Å². The minimum absolute atomic E-state index is 0.300. The summed E-state index contributed by atoms with van der Waals surface area (Å²) in [6, 6.07) is 13.0. The third kappa shape index (κ3) is 4.10. The second kappa shape index (κ2) is 7.55. The highest BCUT2D eigenvalue weighted by Gasteiger charge is 2.14. The van der Waals surface area contributed by atoms with Crippen molar-refractivity contribution in [1.29, 1.82) is 0 Å². The summed E-state index contributed by atoms with van der Waals surface area (Å²) in [6.45, 7) is 1.89. The Bertz CT molecular complexity index is 891. The van der Waals surface area contributed by atoms with Gasteiger partial charge in [-0.05, 0) is 30.7 Å². The molecule has 2 aromatic carbocycles. The molecule has 0 bridgehead atoms. The van der Waals surface area contributed by atoms with Crippen LogP contribution in [0.2, 0.25) is 5.02 Å². The number of hydrogen-bond acceptors (Lipinski definition) is 5. The van der Waals surface area contributed by atoms with Crippen LogP contribution >= 0.6 is 22.9 Å². The first-order chi connectivity index (χ1) is 12.1. The van der Waals surface area contributed by atoms with Gasteiger partial charge in [0.2, 0.25) is 0 Å². The molecule has 0 aliphatic rings. The van der Waals surface area contributed by atoms with E-state index in [1.54, 1.807) is 18.6 Å². The minimum Gasteiger partial charge on any atom is -0.497 e. The zero-order chi connectivity index (χ0) is 17.8. The van der Waals surface area contributed by atoms with Gasteiger partial charge < -0.3 is 15.4 Å². The van der Waals surface area contributed by atoms with Crippen LogP contribution in [0.3, 0.4) is 0 Å². The third-order valence-corrected chi connectivity index (χ3v) is 4.59. The van der Waals surface area contributed by atoms with Crippen LogP contribution < -0.4 is 15.4 Å². The van der Waals surface area contributed by atoms with Crippen LogP contribution in [-0.4, -0.2) is 18.0 Å². The van der Waals surface area contributed by atoms with Gasteiger partial charge in [-0.2, -0.15) is 0 Å². The maximum absolute atomic E-state index is 12.4. The predicted molar refractivity (Wildman–Crippen MR) is 103 cm³/mol. The summed E-state index contributed by atoms with van der Waals surface area (Å²) in [7, 11) is 1.61. The maximum Gasteiger partial charge on any atom is 0.275 e. The Labute approximate surface area is 154 Å². The Hall–Kier alpha value is -2.57. The summed E-state index contributed by atoms with van der Waals surface area (Å²) >= 11 is 7.49. The van der Waals surface area contributed by atoms with E-state index < -0.39 is 0 Å². The molecule has 2 N–H and O–H groups in total. The molecule has 3 aromatic rings. The second-order valence-electron chi connectivity index (χ2n) is 5.28. The van der Waals surface area contributed by atoms with Gasteiger partial charge in [-0.1, -0.05) is 29.8 Å². The molecule has 0 unspecified atom stereocenters. The van der Waals surface area contributed by atoms with Gasteiger partial charge in [0, 0.05) is 17.1 Å². The largest absolute Gasteiger partial charge is 0.497 e. The number of hydrogen-bond donors (Lipinski definition) is 2. The molecular weight excluding hydrogens is 358 g/mol. The molecule has 7 heteroatoms. The maximum atomic E-state index is 12.4. The standard InChI is InChI=1S/C18H16ClN3O2S/c1-11-5-3-8-14(19)16(11)22-17(23)15-10-25-18(21-15)20-12-6-4-7-13(9-12)24-2/h3-10H,1-2H3,(H,20,21)(H,22,23). The Kier molecular flexibility index (Phi) is 5.21. The first-order valence-corrected chi connectivity index (χ1v) is 8.75. The van der Waals surface area contributed by atoms with Crippen molar-refractivity contribution in [2.24, 2.45) is 0 Å². The van der Waals surface area contributed by atoms with E-state index in [2.05, 4.69) is 15.6 Å². The summed E-state index contributed by atoms with van der Waals surface area (Å²) in [5, 5.41) is 8.79. The molecule has 0 fully saturated rings. The Morgan fingerprint density at radius 1 is 1.24 bits per heavy atom. The van der Waals surface area contributed by atoms with Crippen molar-refractivity contribution in [3.63, 3.8) is 0 Å². The molecule has 128 valence electrons. The number of methoxy groups -OCH3 is 1. The van der Waals surface area contributed by atoms with Crippen molar-refractivity contribution in [1.82, 2.24) is 4.98 Å². The van der Waals surface area contributed by atoms with Crippen molar-refractivity contribution in [3.8, 4) is 5.75 Å². The number of ether oxygens (including phenoxy) is 1. The lowest BCUT2D eigenvalue weighted by molar-refractivity contribution is 0.102. The number of amides is 1. The van der Waals surface area contributed by atoms with E-state index in [1.165, 1.54) is 11.3 Å². The summed E-state index contributed by atoms with van der Waals surface area (Å²) < 4.78 is 5.19. The number of carbonyl (C=O) groups is 1. The number of nitrogens with one attached hydrogen (secondary N) is 2. The van der Waals surface area contributed by atoms with Crippen molar-refractivity contribution in [3.05, 3.63) is 64.1 Å². The Balaban J connectivity index is 1.73. The quantitative estimate of drug-likeness (QED) is 0.652. The van der Waals surface area contributed by atoms with Gasteiger partial charge in [0.05, 0.1) is 17.8 Å². The fourth-order valence-electron chi connectivity index (χ4n) is 2.23. The smallest absolute Gasteiger partial charge is 0.275 e. The summed E-state index contributed by atoms with van der Waals surface area (Å²) in [4.78, 5) is 16.7. The molecule has 0 aliphatic carbocycles. The molecule has 1 amide bonds. The van der Waals surface area contributed by atoms with Gasteiger partial charge in [-0.3, -0.25) is 4.79 Å². The van der Waals surface area contributed by atoms with E-state index in [-0.39, 0.29) is 5.91 Å². The molecule has 0 saturated carbocycles. The lowest BCUT2D eigenvalue weighted by Gasteiger charge is -2.08. The molecule has 0 aliphatic heterocycles. The van der Waals surface area contributed by atoms with Crippen molar-refractivity contribution >= 4 is 45.4 Å². The summed E-state index contributed by atoms with van der Waals surface area (Å²) in [6.07, 6.45) is 0. The van der Waals surface area contributed by atoms with E-state index in [9.17, 15) is 4.79 Å². The number of thiazole rings is 1. The normalized spacial score (nSPS) is 10.4. The lowest BCUT2D eigenvalue weighted by Crippen LogP contribution is -2.13. The fourth-order valence-corrected chi connectivity index (χ4v) is 3.21. The van der Waals surface area contributed by atoms with E-state index in [1.807, 2.05) is 43.3 Å². The Morgan fingerprint density at radius 3 is 2.80 bits per heavy atom. The van der Waals surface area contributed by atoms with Crippen LogP contribution in [0.1, 0.15) is 16.1 Å². The monoisotopic (exact) mass is 373 g/mol. The average Bonchev–Trinajstić information content (AvgIpc) is 3.07. The second-order valence-corrected chi connectivity index (χ2v) is 6.55. The number of benzene rings is 2. The summed E-state index contributed by atoms with van der Waals surface area (Å²) in [5.74, 6) is 0.444. The van der Waals surface area contributed by atoms with Crippen molar-refractivity contribution in [2.45, 2.75) is 6.92 Å². The molecule has 0 saturated heterocycles. The van der Waals surface area contributed by atoms with Gasteiger partial charge in [-0.25, -0.2) is 4.98 Å². The molecule has 0 spiro atoms. The average molecular weight is 374 g/mol. The minimum atomic E-state index is -0.300. The molecule has 0 atom stereocenters. The van der Waals surface area contributed by atoms with E-state index in [0.29, 0.717) is 21.5 Å². The van der Waals surface area contributed by atoms with Crippen molar-refractivity contribution < 1.29 is 9.53 Å². The zero-order valence-corrected chi connectivity index (χ0v) is 15.2. The van der Waals surface area contributed by atoms with Gasteiger partial charge in [0.25, 0.3) is 5.91 Å². The zero-order valence-electron chi connectivity index (χ0n) is 13.7. The lowest BCUT2D eigenvalue weighted by atomic mass is 10.2. The van der Waals surface area contributed by atoms with E-state index >= 15 is 0 Å². The topological polar surface area (TPSA) is 63.2 Å². The first kappa shape index (κ1) is 17.3. The molecule has 5 nitrogen and oxygen atoms in total. The molecular formula is C18H16ClN3O2S. The number of anilines is 3. The van der Waals surface area contributed by atoms with Crippen LogP contribution in [-0.2, 0) is 0 Å². The van der Waals surface area contributed by atoms with Crippen molar-refractivity contribution in [2.75, 3.05) is 17.7 Å². The van der Waals surface area contributed by atoms with Gasteiger partial charge in [0.15, 0.2) is 5.13 Å². The van der Waals surface area contributed by atoms with E-state index in [0.717, 1.165) is 17.0 Å². The summed E-state index contributed by atoms with van der Waals surface area (Å²) in [5.41, 5.74) is 2.66. The van der Waals surface area contributed by atoms with Gasteiger partial charge >= 0.3 is 0 Å². The fraction of sp³-hybridized carbons (Fsp3) is 0.111. The van der Waals surface area contributed by atoms with Crippen LogP contribution in [0.25, 0.3) is 0 Å². The SMILES string of the molecule is COc1cccc(Nc2nc(C(=O)Nc3c(C)cccc3Cl)cs2)c1. The third-order valence-electron chi connectivity index (χ3n) is 3.52. The molecule has 25 heavy (non-hydrogen) atoms. The van der Waals surface area contributed by atoms with Crippen LogP contribution in [0.5, 0.6) is 5.75 Å². The molecule has 0 radical (unpaired) electrons. The van der Waals surface area contributed by atoms with Crippen LogP contribution in [0.4, 0.5) is 16.5 Å². The van der Waals surface area contributed by atoms with Gasteiger partial charge in [-0.15, -0.1) is 11.3 Å².